The maximum Gasteiger partial charge on any atom is 0.249 e. The second-order valence-electron chi connectivity index (χ2n) is 20.7. The van der Waals surface area contributed by atoms with Crippen molar-refractivity contribution in [2.24, 2.45) is 0 Å². The van der Waals surface area contributed by atoms with E-state index in [0.29, 0.717) is 19.3 Å². The van der Waals surface area contributed by atoms with Gasteiger partial charge in [-0.2, -0.15) is 0 Å². The Morgan fingerprint density at radius 2 is 0.870 bits per heavy atom. The Hall–Kier alpha value is -1.41. The van der Waals surface area contributed by atoms with E-state index in [1.807, 2.05) is 0 Å². The molecule has 1 rings (SSSR count). The lowest BCUT2D eigenvalue weighted by molar-refractivity contribution is -0.303. The standard InChI is InChI=1S/C58H111NO10/c1-3-5-7-9-11-13-15-17-19-20-21-22-23-24-25-26-27-28-29-30-32-33-35-37-39-41-43-45-50(61)53(63)49(48-68-58-56(66)55(65)54(64)52(47-60)69-58)59-57(67)51(62)46-44-42-40-38-36-34-31-18-16-14-12-10-8-6-4-2/h30,32,37,39,49-56,58,60-66H,3-29,31,33-36,38,40-48H2,1-2H3,(H,59,67)/b32-30+,39-37+. The highest BCUT2D eigenvalue weighted by Gasteiger charge is 2.44. The minimum absolute atomic E-state index is 0.249. The summed E-state index contributed by atoms with van der Waals surface area (Å²) in [4.78, 5) is 13.1. The quantitative estimate of drug-likeness (QED) is 0.0215. The molecule has 8 N–H and O–H groups in total. The van der Waals surface area contributed by atoms with Gasteiger partial charge in [0.25, 0.3) is 0 Å². The molecule has 1 fully saturated rings. The van der Waals surface area contributed by atoms with Gasteiger partial charge in [0.05, 0.1) is 25.4 Å². The van der Waals surface area contributed by atoms with Crippen molar-refractivity contribution in [3.63, 3.8) is 0 Å². The molecule has 0 aromatic heterocycles. The first-order valence-electron chi connectivity index (χ1n) is 29.2. The van der Waals surface area contributed by atoms with Crippen molar-refractivity contribution in [1.29, 1.82) is 0 Å². The average Bonchev–Trinajstić information content (AvgIpc) is 3.35. The second-order valence-corrected chi connectivity index (χ2v) is 20.7. The average molecular weight is 983 g/mol. The number of aliphatic hydroxyl groups is 7. The Labute approximate surface area is 423 Å². The van der Waals surface area contributed by atoms with E-state index >= 15 is 0 Å². The molecule has 408 valence electrons. The van der Waals surface area contributed by atoms with Crippen LogP contribution in [0.1, 0.15) is 271 Å². The molecule has 11 nitrogen and oxygen atoms in total. The number of rotatable bonds is 50. The van der Waals surface area contributed by atoms with Crippen molar-refractivity contribution >= 4 is 5.91 Å². The first kappa shape index (κ1) is 65.6. The molecule has 0 aromatic carbocycles. The van der Waals surface area contributed by atoms with Crippen molar-refractivity contribution in [3.8, 4) is 0 Å². The fraction of sp³-hybridized carbons (Fsp3) is 0.914. The summed E-state index contributed by atoms with van der Waals surface area (Å²) in [6.45, 7) is 3.46. The second kappa shape index (κ2) is 47.6. The van der Waals surface area contributed by atoms with E-state index in [4.69, 9.17) is 9.47 Å². The molecule has 1 saturated heterocycles. The van der Waals surface area contributed by atoms with E-state index in [9.17, 15) is 40.5 Å². The largest absolute Gasteiger partial charge is 0.394 e. The highest BCUT2D eigenvalue weighted by Crippen LogP contribution is 2.23. The van der Waals surface area contributed by atoms with E-state index in [1.165, 1.54) is 186 Å². The number of amides is 1. The first-order valence-corrected chi connectivity index (χ1v) is 29.2. The number of unbranched alkanes of at least 4 members (excludes halogenated alkanes) is 34. The molecular formula is C58H111NO10. The highest BCUT2D eigenvalue weighted by atomic mass is 16.7. The molecule has 1 heterocycles. The molecule has 69 heavy (non-hydrogen) atoms. The molecule has 1 aliphatic rings. The van der Waals surface area contributed by atoms with Gasteiger partial charge in [0.15, 0.2) is 6.29 Å². The zero-order valence-corrected chi connectivity index (χ0v) is 44.6. The van der Waals surface area contributed by atoms with Crippen LogP contribution >= 0.6 is 0 Å². The number of hydrogen-bond acceptors (Lipinski definition) is 10. The van der Waals surface area contributed by atoms with Gasteiger partial charge in [-0.25, -0.2) is 0 Å². The van der Waals surface area contributed by atoms with Crippen LogP contribution in [0.25, 0.3) is 0 Å². The first-order chi connectivity index (χ1) is 33.7. The maximum atomic E-state index is 13.1. The van der Waals surface area contributed by atoms with Gasteiger partial charge in [0.2, 0.25) is 5.91 Å². The topological polar surface area (TPSA) is 189 Å². The molecule has 0 aliphatic carbocycles. The van der Waals surface area contributed by atoms with Gasteiger partial charge in [0, 0.05) is 0 Å². The summed E-state index contributed by atoms with van der Waals surface area (Å²) in [5.74, 6) is -0.707. The van der Waals surface area contributed by atoms with Gasteiger partial charge >= 0.3 is 0 Å². The summed E-state index contributed by atoms with van der Waals surface area (Å²) in [5, 5.41) is 76.0. The Kier molecular flexibility index (Phi) is 45.2. The number of aliphatic hydroxyl groups excluding tert-OH is 7. The van der Waals surface area contributed by atoms with Crippen LogP contribution in [0.5, 0.6) is 0 Å². The maximum absolute atomic E-state index is 13.1. The van der Waals surface area contributed by atoms with Crippen LogP contribution in [-0.4, -0.2) is 110 Å². The molecular weight excluding hydrogens is 871 g/mol. The lowest BCUT2D eigenvalue weighted by Gasteiger charge is -2.40. The normalized spacial score (nSPS) is 20.5. The van der Waals surface area contributed by atoms with Crippen LogP contribution in [0.3, 0.4) is 0 Å². The number of carbonyl (C=O) groups is 1. The number of allylic oxidation sites excluding steroid dienone is 4. The monoisotopic (exact) mass is 982 g/mol. The van der Waals surface area contributed by atoms with Gasteiger partial charge in [-0.3, -0.25) is 4.79 Å². The number of hydrogen-bond donors (Lipinski definition) is 8. The van der Waals surface area contributed by atoms with E-state index in [2.05, 4.69) is 43.5 Å². The molecule has 0 bridgehead atoms. The summed E-state index contributed by atoms with van der Waals surface area (Å²) in [7, 11) is 0. The smallest absolute Gasteiger partial charge is 0.249 e. The minimum atomic E-state index is -1.67. The Balaban J connectivity index is 2.31. The number of nitrogens with one attached hydrogen (secondary N) is 1. The third kappa shape index (κ3) is 36.2. The predicted molar refractivity (Wildman–Crippen MR) is 284 cm³/mol. The van der Waals surface area contributed by atoms with Crippen LogP contribution in [0, 0.1) is 0 Å². The van der Waals surface area contributed by atoms with Crippen molar-refractivity contribution in [2.75, 3.05) is 13.2 Å². The summed E-state index contributed by atoms with van der Waals surface area (Å²) >= 11 is 0. The van der Waals surface area contributed by atoms with Crippen molar-refractivity contribution in [2.45, 2.75) is 326 Å². The minimum Gasteiger partial charge on any atom is -0.394 e. The number of ether oxygens (including phenoxy) is 2. The van der Waals surface area contributed by atoms with E-state index < -0.39 is 74.2 Å². The van der Waals surface area contributed by atoms with Crippen LogP contribution in [-0.2, 0) is 14.3 Å². The Bertz CT molecular complexity index is 1170. The Morgan fingerprint density at radius 3 is 1.29 bits per heavy atom. The SMILES string of the molecule is CCCCCCCCCCCCCCCCCCCC/C=C/CC/C=C/CCCC(O)C(O)C(COC1OC(CO)C(O)C(O)C1O)NC(=O)C(O)CCCCCCCCCCCCCCCCC. The summed E-state index contributed by atoms with van der Waals surface area (Å²) in [6, 6.07) is -1.19. The van der Waals surface area contributed by atoms with Crippen LogP contribution in [0.4, 0.5) is 0 Å². The van der Waals surface area contributed by atoms with Gasteiger partial charge in [-0.15, -0.1) is 0 Å². The fourth-order valence-electron chi connectivity index (χ4n) is 9.46. The van der Waals surface area contributed by atoms with Gasteiger partial charge < -0.3 is 50.5 Å². The van der Waals surface area contributed by atoms with Crippen molar-refractivity contribution < 1.29 is 50.0 Å². The summed E-state index contributed by atoms with van der Waals surface area (Å²) < 4.78 is 11.1. The summed E-state index contributed by atoms with van der Waals surface area (Å²) in [5.41, 5.74) is 0. The zero-order valence-electron chi connectivity index (χ0n) is 44.6. The molecule has 11 heteroatoms. The molecule has 1 aliphatic heterocycles. The molecule has 0 aromatic rings. The lowest BCUT2D eigenvalue weighted by atomic mass is 9.98. The molecule has 9 unspecified atom stereocenters. The molecule has 1 amide bonds. The van der Waals surface area contributed by atoms with Crippen molar-refractivity contribution in [3.05, 3.63) is 24.3 Å². The highest BCUT2D eigenvalue weighted by molar-refractivity contribution is 5.80. The molecule has 0 spiro atoms. The Morgan fingerprint density at radius 1 is 0.493 bits per heavy atom. The molecule has 0 saturated carbocycles. The third-order valence-electron chi connectivity index (χ3n) is 14.2. The van der Waals surface area contributed by atoms with E-state index in [1.54, 1.807) is 0 Å². The predicted octanol–water partition coefficient (Wildman–Crippen LogP) is 12.1. The van der Waals surface area contributed by atoms with Crippen LogP contribution < -0.4 is 5.32 Å². The number of carbonyl (C=O) groups excluding carboxylic acids is 1. The van der Waals surface area contributed by atoms with E-state index in [0.717, 1.165) is 38.5 Å². The molecule has 9 atom stereocenters. The third-order valence-corrected chi connectivity index (χ3v) is 14.2. The van der Waals surface area contributed by atoms with Crippen LogP contribution in [0.15, 0.2) is 24.3 Å². The van der Waals surface area contributed by atoms with Gasteiger partial charge in [-0.1, -0.05) is 244 Å². The van der Waals surface area contributed by atoms with Crippen LogP contribution in [0.2, 0.25) is 0 Å². The lowest BCUT2D eigenvalue weighted by Crippen LogP contribution is -2.60. The molecule has 0 radical (unpaired) electrons. The van der Waals surface area contributed by atoms with Crippen molar-refractivity contribution in [1.82, 2.24) is 5.32 Å². The van der Waals surface area contributed by atoms with E-state index in [-0.39, 0.29) is 12.8 Å². The zero-order chi connectivity index (χ0) is 50.4. The summed E-state index contributed by atoms with van der Waals surface area (Å²) in [6.07, 6.45) is 45.3. The van der Waals surface area contributed by atoms with Gasteiger partial charge in [-0.05, 0) is 51.4 Å². The van der Waals surface area contributed by atoms with Gasteiger partial charge in [0.1, 0.15) is 36.6 Å². The fourth-order valence-corrected chi connectivity index (χ4v) is 9.46.